The van der Waals surface area contributed by atoms with Crippen LogP contribution in [-0.2, 0) is 4.79 Å². The highest BCUT2D eigenvalue weighted by atomic mass is 32.2. The second-order valence-corrected chi connectivity index (χ2v) is 7.01. The van der Waals surface area contributed by atoms with Crippen molar-refractivity contribution in [2.45, 2.75) is 6.92 Å². The molecule has 0 saturated carbocycles. The highest BCUT2D eigenvalue weighted by Crippen LogP contribution is 2.34. The number of benzene rings is 2. The van der Waals surface area contributed by atoms with Gasteiger partial charge in [0.05, 0.1) is 25.8 Å². The highest BCUT2D eigenvalue weighted by Gasteiger charge is 2.34. The molecule has 0 radical (unpaired) electrons. The van der Waals surface area contributed by atoms with E-state index in [2.05, 4.69) is 5.32 Å². The number of nitrogens with one attached hydrogen (secondary N) is 1. The molecule has 6 nitrogen and oxygen atoms in total. The summed E-state index contributed by atoms with van der Waals surface area (Å²) >= 11 is 0.855. The van der Waals surface area contributed by atoms with Crippen molar-refractivity contribution in [1.82, 2.24) is 4.90 Å². The molecule has 0 unspecified atom stereocenters. The van der Waals surface area contributed by atoms with Crippen LogP contribution in [0.15, 0.2) is 41.3 Å². The third-order valence-corrected chi connectivity index (χ3v) is 5.11. The summed E-state index contributed by atoms with van der Waals surface area (Å²) in [6, 6.07) is 9.52. The van der Waals surface area contributed by atoms with Crippen molar-refractivity contribution in [3.05, 3.63) is 58.2 Å². The molecular weight excluding hydrogens is 383 g/mol. The minimum Gasteiger partial charge on any atom is -0.493 e. The maximum atomic E-state index is 13.4. The van der Waals surface area contributed by atoms with Gasteiger partial charge in [0.25, 0.3) is 11.1 Å². The third-order valence-electron chi connectivity index (χ3n) is 4.21. The molecule has 1 fully saturated rings. The quantitative estimate of drug-likeness (QED) is 0.729. The van der Waals surface area contributed by atoms with Gasteiger partial charge in [0, 0.05) is 5.69 Å². The van der Waals surface area contributed by atoms with Crippen molar-refractivity contribution in [3.8, 4) is 11.5 Å². The lowest BCUT2D eigenvalue weighted by molar-refractivity contribution is -0.122. The molecule has 3 rings (SSSR count). The van der Waals surface area contributed by atoms with Crippen LogP contribution in [0, 0.1) is 12.7 Å². The Hall–Kier alpha value is -3.00. The number of anilines is 1. The molecule has 146 valence electrons. The van der Waals surface area contributed by atoms with E-state index in [4.69, 9.17) is 9.47 Å². The first kappa shape index (κ1) is 19.8. The van der Waals surface area contributed by atoms with Gasteiger partial charge < -0.3 is 14.8 Å². The van der Waals surface area contributed by atoms with Gasteiger partial charge in [-0.15, -0.1) is 0 Å². The van der Waals surface area contributed by atoms with Crippen molar-refractivity contribution < 1.29 is 23.5 Å². The smallest absolute Gasteiger partial charge is 0.295 e. The summed E-state index contributed by atoms with van der Waals surface area (Å²) in [7, 11) is 3.06. The van der Waals surface area contributed by atoms with Gasteiger partial charge in [-0.25, -0.2) is 4.39 Å². The summed E-state index contributed by atoms with van der Waals surface area (Å²) in [5.41, 5.74) is 2.05. The zero-order valence-electron chi connectivity index (χ0n) is 15.6. The van der Waals surface area contributed by atoms with Crippen LogP contribution in [0.5, 0.6) is 11.5 Å². The minimum absolute atomic E-state index is 0.0434. The number of amides is 2. The highest BCUT2D eigenvalue weighted by molar-refractivity contribution is 8.18. The molecule has 0 atom stereocenters. The fourth-order valence-corrected chi connectivity index (χ4v) is 3.52. The summed E-state index contributed by atoms with van der Waals surface area (Å²) in [5, 5.41) is 2.55. The summed E-state index contributed by atoms with van der Waals surface area (Å²) in [6.07, 6.45) is 1.63. The molecule has 0 aliphatic carbocycles. The number of hydrogen-bond acceptors (Lipinski definition) is 6. The SMILES string of the molecule is COc1ccc(C=C2SC(=O)N(CNc3cc(F)ccc3C)C2=O)cc1OC. The molecule has 0 bridgehead atoms. The van der Waals surface area contributed by atoms with Crippen molar-refractivity contribution in [2.24, 2.45) is 0 Å². The topological polar surface area (TPSA) is 67.9 Å². The summed E-state index contributed by atoms with van der Waals surface area (Å²) in [4.78, 5) is 26.3. The van der Waals surface area contributed by atoms with Crippen LogP contribution in [0.2, 0.25) is 0 Å². The number of aryl methyl sites for hydroxylation is 1. The molecular formula is C20H19FN2O4S. The van der Waals surface area contributed by atoms with Crippen LogP contribution >= 0.6 is 11.8 Å². The van der Waals surface area contributed by atoms with Gasteiger partial charge in [0.2, 0.25) is 0 Å². The molecule has 1 heterocycles. The molecule has 1 aliphatic heterocycles. The summed E-state index contributed by atoms with van der Waals surface area (Å²) in [5.74, 6) is 0.295. The van der Waals surface area contributed by atoms with Crippen molar-refractivity contribution in [2.75, 3.05) is 26.2 Å². The van der Waals surface area contributed by atoms with E-state index in [0.29, 0.717) is 27.7 Å². The fraction of sp³-hybridized carbons (Fsp3) is 0.200. The first-order valence-electron chi connectivity index (χ1n) is 8.40. The van der Waals surface area contributed by atoms with E-state index in [9.17, 15) is 14.0 Å². The van der Waals surface area contributed by atoms with E-state index in [1.165, 1.54) is 26.4 Å². The van der Waals surface area contributed by atoms with Crippen LogP contribution in [0.1, 0.15) is 11.1 Å². The van der Waals surface area contributed by atoms with Gasteiger partial charge in [-0.3, -0.25) is 14.5 Å². The minimum atomic E-state index is -0.411. The maximum absolute atomic E-state index is 13.4. The van der Waals surface area contributed by atoms with E-state index in [1.807, 2.05) is 6.92 Å². The normalized spacial score (nSPS) is 15.3. The molecule has 1 aliphatic rings. The van der Waals surface area contributed by atoms with E-state index >= 15 is 0 Å². The number of carbonyl (C=O) groups excluding carboxylic acids is 2. The van der Waals surface area contributed by atoms with Crippen LogP contribution < -0.4 is 14.8 Å². The maximum Gasteiger partial charge on any atom is 0.295 e. The summed E-state index contributed by atoms with van der Waals surface area (Å²) in [6.45, 7) is 1.77. The van der Waals surface area contributed by atoms with Gasteiger partial charge >= 0.3 is 0 Å². The fourth-order valence-electron chi connectivity index (χ4n) is 2.68. The Morgan fingerprint density at radius 3 is 2.57 bits per heavy atom. The van der Waals surface area contributed by atoms with E-state index in [0.717, 1.165) is 22.2 Å². The Bertz CT molecular complexity index is 961. The number of ether oxygens (including phenoxy) is 2. The molecule has 1 N–H and O–H groups in total. The Morgan fingerprint density at radius 2 is 1.86 bits per heavy atom. The number of thioether (sulfide) groups is 1. The Labute approximate surface area is 166 Å². The van der Waals surface area contributed by atoms with Crippen LogP contribution in [-0.4, -0.2) is 36.9 Å². The van der Waals surface area contributed by atoms with E-state index in [1.54, 1.807) is 30.3 Å². The van der Waals surface area contributed by atoms with Crippen molar-refractivity contribution >= 4 is 34.7 Å². The van der Waals surface area contributed by atoms with Gasteiger partial charge in [0.1, 0.15) is 5.82 Å². The monoisotopic (exact) mass is 402 g/mol. The van der Waals surface area contributed by atoms with Crippen molar-refractivity contribution in [3.63, 3.8) is 0 Å². The average molecular weight is 402 g/mol. The van der Waals surface area contributed by atoms with Gasteiger partial charge in [-0.05, 0) is 60.2 Å². The molecule has 1 saturated heterocycles. The molecule has 8 heteroatoms. The van der Waals surface area contributed by atoms with Crippen LogP contribution in [0.25, 0.3) is 6.08 Å². The predicted molar refractivity (Wildman–Crippen MR) is 107 cm³/mol. The number of rotatable bonds is 6. The third kappa shape index (κ3) is 4.12. The second-order valence-electron chi connectivity index (χ2n) is 6.02. The molecule has 28 heavy (non-hydrogen) atoms. The molecule has 0 spiro atoms. The largest absolute Gasteiger partial charge is 0.493 e. The van der Waals surface area contributed by atoms with Gasteiger partial charge in [0.15, 0.2) is 11.5 Å². The number of imide groups is 1. The zero-order valence-corrected chi connectivity index (χ0v) is 16.4. The number of methoxy groups -OCH3 is 2. The first-order chi connectivity index (χ1) is 13.4. The Kier molecular flexibility index (Phi) is 5.89. The molecule has 0 aromatic heterocycles. The molecule has 2 aromatic carbocycles. The predicted octanol–water partition coefficient (Wildman–Crippen LogP) is 4.26. The number of hydrogen-bond donors (Lipinski definition) is 1. The second kappa shape index (κ2) is 8.35. The van der Waals surface area contributed by atoms with Gasteiger partial charge in [-0.1, -0.05) is 12.1 Å². The summed E-state index contributed by atoms with van der Waals surface area (Å²) < 4.78 is 23.8. The Morgan fingerprint density at radius 1 is 1.11 bits per heavy atom. The van der Waals surface area contributed by atoms with E-state index < -0.39 is 17.0 Å². The lowest BCUT2D eigenvalue weighted by atomic mass is 10.2. The molecule has 2 aromatic rings. The standard InChI is InChI=1S/C20H19FN2O4S/c1-12-4-6-14(21)10-15(12)22-11-23-19(24)18(28-20(23)25)9-13-5-7-16(26-2)17(8-13)27-3/h4-10,22H,11H2,1-3H3. The Balaban J connectivity index is 1.76. The van der Waals surface area contributed by atoms with Crippen molar-refractivity contribution in [1.29, 1.82) is 0 Å². The van der Waals surface area contributed by atoms with Gasteiger partial charge in [-0.2, -0.15) is 0 Å². The number of carbonyl (C=O) groups is 2. The number of halogens is 1. The average Bonchev–Trinajstić information content (AvgIpc) is 2.95. The first-order valence-corrected chi connectivity index (χ1v) is 9.22. The van der Waals surface area contributed by atoms with Crippen LogP contribution in [0.4, 0.5) is 14.9 Å². The number of nitrogens with zero attached hydrogens (tertiary/aromatic N) is 1. The lowest BCUT2D eigenvalue weighted by Gasteiger charge is -2.16. The van der Waals surface area contributed by atoms with E-state index in [-0.39, 0.29) is 6.67 Å². The zero-order chi connectivity index (χ0) is 20.3. The molecule has 2 amide bonds. The van der Waals surface area contributed by atoms with Crippen LogP contribution in [0.3, 0.4) is 0 Å². The lowest BCUT2D eigenvalue weighted by Crippen LogP contribution is -2.33.